The van der Waals surface area contributed by atoms with Crippen LogP contribution in [0.1, 0.15) is 30.6 Å². The lowest BCUT2D eigenvalue weighted by Gasteiger charge is -2.19. The molecular formula is C16H20OSi. The van der Waals surface area contributed by atoms with Gasteiger partial charge < -0.3 is 4.43 Å². The SMILES string of the molecule is CCC[SiH2]OC(c1ccccc1)c1ccccc1. The summed E-state index contributed by atoms with van der Waals surface area (Å²) in [5.41, 5.74) is 2.51. The van der Waals surface area contributed by atoms with Crippen LogP contribution in [0.5, 0.6) is 0 Å². The molecule has 0 aliphatic heterocycles. The minimum atomic E-state index is -0.424. The summed E-state index contributed by atoms with van der Waals surface area (Å²) in [6, 6.07) is 22.3. The molecule has 0 heterocycles. The normalized spacial score (nSPS) is 11.4. The average molecular weight is 256 g/mol. The molecule has 0 fully saturated rings. The van der Waals surface area contributed by atoms with Crippen molar-refractivity contribution >= 4 is 9.76 Å². The van der Waals surface area contributed by atoms with Crippen LogP contribution in [0.3, 0.4) is 0 Å². The van der Waals surface area contributed by atoms with Crippen LogP contribution >= 0.6 is 0 Å². The van der Waals surface area contributed by atoms with Gasteiger partial charge in [-0.3, -0.25) is 0 Å². The lowest BCUT2D eigenvalue weighted by Crippen LogP contribution is -2.09. The maximum absolute atomic E-state index is 6.19. The molecule has 18 heavy (non-hydrogen) atoms. The third kappa shape index (κ3) is 3.55. The van der Waals surface area contributed by atoms with E-state index >= 15 is 0 Å². The smallest absolute Gasteiger partial charge is 0.162 e. The maximum atomic E-state index is 6.19. The van der Waals surface area contributed by atoms with E-state index in [0.29, 0.717) is 0 Å². The van der Waals surface area contributed by atoms with Gasteiger partial charge in [-0.1, -0.05) is 74.0 Å². The van der Waals surface area contributed by atoms with Crippen molar-refractivity contribution in [3.8, 4) is 0 Å². The van der Waals surface area contributed by atoms with E-state index in [-0.39, 0.29) is 6.10 Å². The molecule has 0 aliphatic rings. The van der Waals surface area contributed by atoms with E-state index in [0.717, 1.165) is 0 Å². The molecular weight excluding hydrogens is 236 g/mol. The van der Waals surface area contributed by atoms with Gasteiger partial charge >= 0.3 is 0 Å². The van der Waals surface area contributed by atoms with Crippen LogP contribution in [0.25, 0.3) is 0 Å². The molecule has 0 N–H and O–H groups in total. The highest BCUT2D eigenvalue weighted by Gasteiger charge is 2.13. The predicted octanol–water partition coefficient (Wildman–Crippen LogP) is 3.70. The lowest BCUT2D eigenvalue weighted by atomic mass is 10.0. The first-order valence-electron chi connectivity index (χ1n) is 6.63. The van der Waals surface area contributed by atoms with E-state index in [1.165, 1.54) is 23.6 Å². The molecule has 2 rings (SSSR count). The zero-order chi connectivity index (χ0) is 12.6. The first-order chi connectivity index (χ1) is 8.92. The standard InChI is InChI=1S/C16H20OSi/c1-2-13-18-17-16(14-9-5-3-6-10-14)15-11-7-4-8-12-15/h3-12,16H,2,13,18H2,1H3. The van der Waals surface area contributed by atoms with E-state index < -0.39 is 9.76 Å². The average Bonchev–Trinajstić information content (AvgIpc) is 2.46. The van der Waals surface area contributed by atoms with E-state index in [9.17, 15) is 0 Å². The van der Waals surface area contributed by atoms with Crippen molar-refractivity contribution < 1.29 is 4.43 Å². The summed E-state index contributed by atoms with van der Waals surface area (Å²) < 4.78 is 6.19. The van der Waals surface area contributed by atoms with Crippen LogP contribution in [-0.2, 0) is 4.43 Å². The Labute approximate surface area is 112 Å². The van der Waals surface area contributed by atoms with Gasteiger partial charge in [0.1, 0.15) is 0 Å². The molecule has 94 valence electrons. The predicted molar refractivity (Wildman–Crippen MR) is 79.5 cm³/mol. The van der Waals surface area contributed by atoms with Crippen molar-refractivity contribution in [3.05, 3.63) is 71.8 Å². The highest BCUT2D eigenvalue weighted by Crippen LogP contribution is 2.25. The van der Waals surface area contributed by atoms with Gasteiger partial charge in [-0.25, -0.2) is 0 Å². The molecule has 0 bridgehead atoms. The van der Waals surface area contributed by atoms with Crippen molar-refractivity contribution in [2.24, 2.45) is 0 Å². The fraction of sp³-hybridized carbons (Fsp3) is 0.250. The van der Waals surface area contributed by atoms with Gasteiger partial charge in [0.2, 0.25) is 0 Å². The van der Waals surface area contributed by atoms with Crippen molar-refractivity contribution in [2.45, 2.75) is 25.5 Å². The molecule has 2 aromatic carbocycles. The Morgan fingerprint density at radius 1 is 0.889 bits per heavy atom. The Kier molecular flexibility index (Phi) is 5.18. The molecule has 0 radical (unpaired) electrons. The third-order valence-corrected chi connectivity index (χ3v) is 4.55. The quantitative estimate of drug-likeness (QED) is 0.565. The fourth-order valence-corrected chi connectivity index (χ4v) is 3.06. The Morgan fingerprint density at radius 2 is 1.39 bits per heavy atom. The number of hydrogen-bond donors (Lipinski definition) is 0. The summed E-state index contributed by atoms with van der Waals surface area (Å²) in [6.07, 6.45) is 1.34. The number of benzene rings is 2. The van der Waals surface area contributed by atoms with Crippen LogP contribution in [0.4, 0.5) is 0 Å². The second-order valence-corrected chi connectivity index (χ2v) is 5.87. The topological polar surface area (TPSA) is 9.23 Å². The molecule has 0 spiro atoms. The zero-order valence-corrected chi connectivity index (χ0v) is 12.3. The molecule has 0 amide bonds. The largest absolute Gasteiger partial charge is 0.413 e. The molecule has 0 unspecified atom stereocenters. The number of hydrogen-bond acceptors (Lipinski definition) is 1. The van der Waals surface area contributed by atoms with E-state index in [1.807, 2.05) is 0 Å². The molecule has 2 heteroatoms. The molecule has 0 saturated carbocycles. The van der Waals surface area contributed by atoms with Crippen molar-refractivity contribution in [3.63, 3.8) is 0 Å². The van der Waals surface area contributed by atoms with E-state index in [2.05, 4.69) is 67.6 Å². The summed E-state index contributed by atoms with van der Waals surface area (Å²) in [7, 11) is -0.424. The third-order valence-electron chi connectivity index (χ3n) is 2.99. The first-order valence-corrected chi connectivity index (χ1v) is 8.21. The Bertz CT molecular complexity index is 402. The zero-order valence-electron chi connectivity index (χ0n) is 10.9. The van der Waals surface area contributed by atoms with Crippen LogP contribution in [0, 0.1) is 0 Å². The van der Waals surface area contributed by atoms with Crippen molar-refractivity contribution in [2.75, 3.05) is 0 Å². The first kappa shape index (κ1) is 13.1. The lowest BCUT2D eigenvalue weighted by molar-refractivity contribution is 0.260. The van der Waals surface area contributed by atoms with E-state index in [1.54, 1.807) is 0 Å². The molecule has 2 aromatic rings. The minimum absolute atomic E-state index is 0.116. The van der Waals surface area contributed by atoms with E-state index in [4.69, 9.17) is 4.43 Å². The summed E-state index contributed by atoms with van der Waals surface area (Å²) in [5.74, 6) is 0. The monoisotopic (exact) mass is 256 g/mol. The fourth-order valence-electron chi connectivity index (χ4n) is 1.99. The van der Waals surface area contributed by atoms with Gasteiger partial charge in [0.05, 0.1) is 6.10 Å². The van der Waals surface area contributed by atoms with Gasteiger partial charge in [-0.2, -0.15) is 0 Å². The molecule has 0 atom stereocenters. The minimum Gasteiger partial charge on any atom is -0.413 e. The second kappa shape index (κ2) is 7.14. The highest BCUT2D eigenvalue weighted by molar-refractivity contribution is 6.27. The summed E-state index contributed by atoms with van der Waals surface area (Å²) >= 11 is 0. The Hall–Kier alpha value is -1.38. The van der Waals surface area contributed by atoms with Crippen LogP contribution < -0.4 is 0 Å². The van der Waals surface area contributed by atoms with Gasteiger partial charge in [-0.15, -0.1) is 0 Å². The van der Waals surface area contributed by atoms with Crippen LogP contribution in [0.2, 0.25) is 6.04 Å². The summed E-state index contributed by atoms with van der Waals surface area (Å²) in [6.45, 7) is 2.22. The number of rotatable bonds is 6. The van der Waals surface area contributed by atoms with Crippen molar-refractivity contribution in [1.29, 1.82) is 0 Å². The molecule has 0 aromatic heterocycles. The van der Waals surface area contributed by atoms with Gasteiger partial charge in [-0.05, 0) is 17.2 Å². The summed E-state index contributed by atoms with van der Waals surface area (Å²) in [4.78, 5) is 0. The maximum Gasteiger partial charge on any atom is 0.162 e. The van der Waals surface area contributed by atoms with Crippen LogP contribution in [0.15, 0.2) is 60.7 Å². The van der Waals surface area contributed by atoms with Gasteiger partial charge in [0.15, 0.2) is 9.76 Å². The Balaban J connectivity index is 2.18. The second-order valence-electron chi connectivity index (χ2n) is 4.43. The Morgan fingerprint density at radius 3 is 1.83 bits per heavy atom. The molecule has 0 aliphatic carbocycles. The summed E-state index contributed by atoms with van der Waals surface area (Å²) in [5, 5.41) is 0. The highest BCUT2D eigenvalue weighted by atomic mass is 28.2. The van der Waals surface area contributed by atoms with Crippen LogP contribution in [-0.4, -0.2) is 9.76 Å². The van der Waals surface area contributed by atoms with Crippen molar-refractivity contribution in [1.82, 2.24) is 0 Å². The molecule has 0 saturated heterocycles. The molecule has 1 nitrogen and oxygen atoms in total. The van der Waals surface area contributed by atoms with Gasteiger partial charge in [0, 0.05) is 0 Å². The van der Waals surface area contributed by atoms with Gasteiger partial charge in [0.25, 0.3) is 0 Å².